The predicted octanol–water partition coefficient (Wildman–Crippen LogP) is 1.85. The number of methoxy groups -OCH3 is 1. The highest BCUT2D eigenvalue weighted by atomic mass is 19.3. The largest absolute Gasteiger partial charge is 0.497 e. The summed E-state index contributed by atoms with van der Waals surface area (Å²) < 4.78 is 38.3. The number of rotatable bonds is 3. The van der Waals surface area contributed by atoms with Gasteiger partial charge in [0.25, 0.3) is 11.8 Å². The van der Waals surface area contributed by atoms with E-state index in [4.69, 9.17) is 14.9 Å². The van der Waals surface area contributed by atoms with Crippen LogP contribution in [-0.4, -0.2) is 66.4 Å². The van der Waals surface area contributed by atoms with Crippen LogP contribution in [0.15, 0.2) is 28.7 Å². The van der Waals surface area contributed by atoms with Crippen LogP contribution in [0.25, 0.3) is 11.0 Å². The average molecular weight is 393 g/mol. The van der Waals surface area contributed by atoms with E-state index >= 15 is 0 Å². The lowest BCUT2D eigenvalue weighted by atomic mass is 10.0. The molecule has 0 radical (unpaired) electrons. The molecule has 1 aromatic heterocycles. The van der Waals surface area contributed by atoms with Gasteiger partial charge in [-0.25, -0.2) is 8.78 Å². The lowest BCUT2D eigenvalue weighted by Gasteiger charge is -2.37. The number of ether oxygens (including phenoxy) is 1. The van der Waals surface area contributed by atoms with Crippen LogP contribution < -0.4 is 10.5 Å². The number of carbonyl (C=O) groups is 2. The monoisotopic (exact) mass is 393 g/mol. The summed E-state index contributed by atoms with van der Waals surface area (Å²) in [6.07, 6.45) is -0.662. The molecule has 28 heavy (non-hydrogen) atoms. The average Bonchev–Trinajstić information content (AvgIpc) is 3.26. The highest BCUT2D eigenvalue weighted by Crippen LogP contribution is 2.31. The molecule has 9 heteroatoms. The fourth-order valence-corrected chi connectivity index (χ4v) is 3.87. The van der Waals surface area contributed by atoms with Gasteiger partial charge in [-0.2, -0.15) is 0 Å². The Balaban J connectivity index is 1.52. The third-order valence-corrected chi connectivity index (χ3v) is 5.38. The summed E-state index contributed by atoms with van der Waals surface area (Å²) in [5.41, 5.74) is 6.64. The normalized spacial score (nSPS) is 24.8. The molecular formula is C19H21F2N3O4. The number of nitrogens with two attached hydrogens (primary N) is 1. The molecule has 2 atom stereocenters. The number of hydrogen-bond acceptors (Lipinski definition) is 5. The fourth-order valence-electron chi connectivity index (χ4n) is 3.87. The summed E-state index contributed by atoms with van der Waals surface area (Å²) in [6, 6.07) is 5.57. The van der Waals surface area contributed by atoms with Crippen LogP contribution in [0, 0.1) is 0 Å². The molecule has 4 rings (SSSR count). The molecule has 1 aromatic carbocycles. The van der Waals surface area contributed by atoms with Gasteiger partial charge in [-0.05, 0) is 24.3 Å². The Morgan fingerprint density at radius 2 is 2.11 bits per heavy atom. The van der Waals surface area contributed by atoms with Crippen molar-refractivity contribution >= 4 is 22.8 Å². The molecule has 2 N–H and O–H groups in total. The van der Waals surface area contributed by atoms with Crippen molar-refractivity contribution in [1.29, 1.82) is 0 Å². The van der Waals surface area contributed by atoms with Crippen molar-refractivity contribution < 1.29 is 27.5 Å². The Hall–Kier alpha value is -2.68. The van der Waals surface area contributed by atoms with Crippen molar-refractivity contribution in [3.63, 3.8) is 0 Å². The number of nitrogens with zero attached hydrogens (tertiary/aromatic N) is 2. The molecule has 3 heterocycles. The van der Waals surface area contributed by atoms with E-state index in [0.29, 0.717) is 16.7 Å². The number of carbonyl (C=O) groups excluding carboxylic acids is 2. The van der Waals surface area contributed by atoms with Gasteiger partial charge < -0.3 is 24.7 Å². The molecular weight excluding hydrogens is 372 g/mol. The van der Waals surface area contributed by atoms with Gasteiger partial charge in [-0.15, -0.1) is 0 Å². The van der Waals surface area contributed by atoms with Crippen molar-refractivity contribution in [3.05, 3.63) is 30.0 Å². The SMILES string of the molecule is COc1ccc2oc(C(=O)N3C[C@H](N)[C@@H](N4CC(F)(F)CCC4=O)C3)cc2c1. The molecule has 2 amide bonds. The smallest absolute Gasteiger partial charge is 0.289 e. The molecule has 2 aliphatic rings. The van der Waals surface area contributed by atoms with Crippen LogP contribution in [0.2, 0.25) is 0 Å². The second-order valence-electron chi connectivity index (χ2n) is 7.33. The minimum Gasteiger partial charge on any atom is -0.497 e. The van der Waals surface area contributed by atoms with Crippen LogP contribution in [0.4, 0.5) is 8.78 Å². The second kappa shape index (κ2) is 6.73. The number of halogens is 2. The Morgan fingerprint density at radius 1 is 1.32 bits per heavy atom. The maximum atomic E-state index is 13.8. The van der Waals surface area contributed by atoms with Crippen molar-refractivity contribution in [2.75, 3.05) is 26.7 Å². The molecule has 0 aliphatic carbocycles. The number of amides is 2. The summed E-state index contributed by atoms with van der Waals surface area (Å²) in [7, 11) is 1.55. The molecule has 0 unspecified atom stereocenters. The van der Waals surface area contributed by atoms with Crippen molar-refractivity contribution in [2.45, 2.75) is 30.8 Å². The van der Waals surface area contributed by atoms with Gasteiger partial charge in [0.1, 0.15) is 11.3 Å². The van der Waals surface area contributed by atoms with Gasteiger partial charge in [0.2, 0.25) is 5.91 Å². The number of fused-ring (bicyclic) bond motifs is 1. The number of benzene rings is 1. The number of furan rings is 1. The highest BCUT2D eigenvalue weighted by molar-refractivity contribution is 5.96. The molecule has 0 saturated carbocycles. The molecule has 150 valence electrons. The first-order valence-electron chi connectivity index (χ1n) is 9.07. The van der Waals surface area contributed by atoms with Gasteiger partial charge in [-0.1, -0.05) is 0 Å². The second-order valence-corrected chi connectivity index (χ2v) is 7.33. The molecule has 2 aromatic rings. The zero-order valence-corrected chi connectivity index (χ0v) is 15.4. The van der Waals surface area contributed by atoms with Gasteiger partial charge in [0.15, 0.2) is 5.76 Å². The minimum absolute atomic E-state index is 0.0994. The van der Waals surface area contributed by atoms with E-state index in [9.17, 15) is 18.4 Å². The first-order valence-corrected chi connectivity index (χ1v) is 9.07. The van der Waals surface area contributed by atoms with E-state index in [1.807, 2.05) is 0 Å². The molecule has 2 saturated heterocycles. The van der Waals surface area contributed by atoms with Gasteiger partial charge in [0, 0.05) is 37.4 Å². The van der Waals surface area contributed by atoms with Crippen molar-refractivity contribution in [1.82, 2.24) is 9.80 Å². The van der Waals surface area contributed by atoms with Crippen molar-refractivity contribution in [3.8, 4) is 5.75 Å². The Labute approximate surface area is 160 Å². The number of hydrogen-bond donors (Lipinski definition) is 1. The summed E-state index contributed by atoms with van der Waals surface area (Å²) in [5.74, 6) is -2.89. The Kier molecular flexibility index (Phi) is 4.49. The molecule has 7 nitrogen and oxygen atoms in total. The number of likely N-dealkylation sites (tertiary alicyclic amines) is 2. The van der Waals surface area contributed by atoms with Gasteiger partial charge >= 0.3 is 0 Å². The number of piperidine rings is 1. The lowest BCUT2D eigenvalue weighted by molar-refractivity contribution is -0.150. The molecule has 0 spiro atoms. The Morgan fingerprint density at radius 3 is 2.86 bits per heavy atom. The third-order valence-electron chi connectivity index (χ3n) is 5.38. The van der Waals surface area contributed by atoms with E-state index in [0.717, 1.165) is 4.90 Å². The molecule has 2 aliphatic heterocycles. The lowest BCUT2D eigenvalue weighted by Crippen LogP contribution is -2.56. The molecule has 0 bridgehead atoms. The van der Waals surface area contributed by atoms with Crippen LogP contribution in [0.5, 0.6) is 5.75 Å². The van der Waals surface area contributed by atoms with Crippen LogP contribution >= 0.6 is 0 Å². The van der Waals surface area contributed by atoms with Crippen molar-refractivity contribution in [2.24, 2.45) is 5.73 Å². The zero-order valence-electron chi connectivity index (χ0n) is 15.4. The zero-order chi connectivity index (χ0) is 20.1. The summed E-state index contributed by atoms with van der Waals surface area (Å²) in [4.78, 5) is 27.6. The maximum Gasteiger partial charge on any atom is 0.289 e. The standard InChI is InChI=1S/C19H21F2N3O4/c1-27-12-2-3-15-11(6-12)7-16(28-15)18(26)23-8-13(22)14(9-23)24-10-19(20,21)5-4-17(24)25/h2-3,6-7,13-14H,4-5,8-10,22H2,1H3/t13-,14-/m0/s1. The fraction of sp³-hybridized carbons (Fsp3) is 0.474. The number of alkyl halides is 2. The van der Waals surface area contributed by atoms with Crippen LogP contribution in [-0.2, 0) is 4.79 Å². The Bertz CT molecular complexity index is 929. The van der Waals surface area contributed by atoms with Gasteiger partial charge in [-0.3, -0.25) is 9.59 Å². The van der Waals surface area contributed by atoms with Crippen LogP contribution in [0.3, 0.4) is 0 Å². The van der Waals surface area contributed by atoms with Gasteiger partial charge in [0.05, 0.1) is 19.7 Å². The van der Waals surface area contributed by atoms with E-state index in [1.54, 1.807) is 31.4 Å². The van der Waals surface area contributed by atoms with Crippen LogP contribution in [0.1, 0.15) is 23.4 Å². The van der Waals surface area contributed by atoms with E-state index in [2.05, 4.69) is 0 Å². The topological polar surface area (TPSA) is 89.0 Å². The maximum absolute atomic E-state index is 13.8. The third kappa shape index (κ3) is 3.30. The first kappa shape index (κ1) is 18.7. The highest BCUT2D eigenvalue weighted by Gasteiger charge is 2.46. The minimum atomic E-state index is -2.93. The van der Waals surface area contributed by atoms with E-state index in [1.165, 1.54) is 4.90 Å². The van der Waals surface area contributed by atoms with E-state index in [-0.39, 0.29) is 37.1 Å². The van der Waals surface area contributed by atoms with E-state index < -0.39 is 31.0 Å². The summed E-state index contributed by atoms with van der Waals surface area (Å²) >= 11 is 0. The summed E-state index contributed by atoms with van der Waals surface area (Å²) in [5, 5.41) is 0.716. The molecule has 2 fully saturated rings. The predicted molar refractivity (Wildman–Crippen MR) is 96.3 cm³/mol. The quantitative estimate of drug-likeness (QED) is 0.860. The summed E-state index contributed by atoms with van der Waals surface area (Å²) in [6.45, 7) is -0.391. The first-order chi connectivity index (χ1) is 13.3.